The molecule has 0 spiro atoms. The second-order valence-corrected chi connectivity index (χ2v) is 4.35. The van der Waals surface area contributed by atoms with Crippen LogP contribution in [0.2, 0.25) is 0 Å². The first-order chi connectivity index (χ1) is 8.70. The van der Waals surface area contributed by atoms with E-state index in [2.05, 4.69) is 9.97 Å². The predicted octanol–water partition coefficient (Wildman–Crippen LogP) is 2.95. The van der Waals surface area contributed by atoms with Gasteiger partial charge in [0.05, 0.1) is 23.2 Å². The smallest absolute Gasteiger partial charge is 0.150 e. The number of carbonyl (C=O) groups excluding carboxylic acids is 1. The van der Waals surface area contributed by atoms with Crippen LogP contribution in [0.3, 0.4) is 0 Å². The Hall–Kier alpha value is -2.03. The molecule has 0 radical (unpaired) electrons. The molecule has 0 bridgehead atoms. The van der Waals surface area contributed by atoms with Gasteiger partial charge < -0.3 is 0 Å². The third-order valence-corrected chi connectivity index (χ3v) is 3.12. The summed E-state index contributed by atoms with van der Waals surface area (Å²) >= 11 is 0. The van der Waals surface area contributed by atoms with Crippen LogP contribution in [-0.2, 0) is 4.79 Å². The average molecular weight is 240 g/mol. The molecule has 0 aliphatic carbocycles. The standard InChI is InChI=1S/C15H16N2O/c1-11(13-7-3-5-9-16-13)15(18)12(2)14-8-4-6-10-17-14/h3-12H,1-2H3. The van der Waals surface area contributed by atoms with E-state index in [0.717, 1.165) is 11.4 Å². The molecule has 0 N–H and O–H groups in total. The Bertz CT molecular complexity index is 463. The molecule has 0 saturated heterocycles. The zero-order valence-electron chi connectivity index (χ0n) is 10.6. The summed E-state index contributed by atoms with van der Waals surface area (Å²) in [6.07, 6.45) is 3.43. The molecule has 2 heterocycles. The lowest BCUT2D eigenvalue weighted by molar-refractivity contribution is -0.121. The average Bonchev–Trinajstić information content (AvgIpc) is 2.47. The second kappa shape index (κ2) is 5.54. The van der Waals surface area contributed by atoms with Gasteiger partial charge in [-0.3, -0.25) is 14.8 Å². The van der Waals surface area contributed by atoms with Crippen LogP contribution in [0.15, 0.2) is 48.8 Å². The normalized spacial score (nSPS) is 13.9. The minimum atomic E-state index is -0.205. The maximum Gasteiger partial charge on any atom is 0.150 e. The Morgan fingerprint density at radius 1 is 0.889 bits per heavy atom. The Kier molecular flexibility index (Phi) is 3.82. The summed E-state index contributed by atoms with van der Waals surface area (Å²) in [5.41, 5.74) is 1.62. The third-order valence-electron chi connectivity index (χ3n) is 3.12. The maximum absolute atomic E-state index is 12.4. The number of pyridine rings is 2. The highest BCUT2D eigenvalue weighted by molar-refractivity contribution is 5.90. The van der Waals surface area contributed by atoms with Crippen LogP contribution >= 0.6 is 0 Å². The topological polar surface area (TPSA) is 42.9 Å². The molecule has 2 rings (SSSR count). The van der Waals surface area contributed by atoms with Crippen molar-refractivity contribution in [3.8, 4) is 0 Å². The first-order valence-electron chi connectivity index (χ1n) is 6.05. The summed E-state index contributed by atoms with van der Waals surface area (Å²) in [5, 5.41) is 0. The molecule has 0 fully saturated rings. The van der Waals surface area contributed by atoms with Crippen molar-refractivity contribution in [2.75, 3.05) is 0 Å². The van der Waals surface area contributed by atoms with Crippen molar-refractivity contribution in [3.05, 3.63) is 60.2 Å². The lowest BCUT2D eigenvalue weighted by Gasteiger charge is -2.15. The summed E-state index contributed by atoms with van der Waals surface area (Å²) in [6, 6.07) is 11.3. The molecule has 2 unspecified atom stereocenters. The van der Waals surface area contributed by atoms with Gasteiger partial charge in [-0.2, -0.15) is 0 Å². The van der Waals surface area contributed by atoms with E-state index in [1.165, 1.54) is 0 Å². The highest BCUT2D eigenvalue weighted by Crippen LogP contribution is 2.23. The molecule has 3 nitrogen and oxygen atoms in total. The fraction of sp³-hybridized carbons (Fsp3) is 0.267. The second-order valence-electron chi connectivity index (χ2n) is 4.35. The first-order valence-corrected chi connectivity index (χ1v) is 6.05. The van der Waals surface area contributed by atoms with Crippen molar-refractivity contribution in [2.45, 2.75) is 25.7 Å². The lowest BCUT2D eigenvalue weighted by atomic mass is 9.90. The van der Waals surface area contributed by atoms with Crippen LogP contribution in [-0.4, -0.2) is 15.8 Å². The van der Waals surface area contributed by atoms with Crippen molar-refractivity contribution < 1.29 is 4.79 Å². The van der Waals surface area contributed by atoms with Crippen LogP contribution in [0.5, 0.6) is 0 Å². The maximum atomic E-state index is 12.4. The molecule has 2 aromatic heterocycles. The Morgan fingerprint density at radius 2 is 1.33 bits per heavy atom. The molecule has 18 heavy (non-hydrogen) atoms. The van der Waals surface area contributed by atoms with E-state index in [1.54, 1.807) is 12.4 Å². The van der Waals surface area contributed by atoms with Gasteiger partial charge in [-0.25, -0.2) is 0 Å². The van der Waals surface area contributed by atoms with Crippen molar-refractivity contribution in [1.29, 1.82) is 0 Å². The molecule has 3 heteroatoms. The van der Waals surface area contributed by atoms with Crippen LogP contribution in [0.4, 0.5) is 0 Å². The van der Waals surface area contributed by atoms with E-state index >= 15 is 0 Å². The predicted molar refractivity (Wildman–Crippen MR) is 70.3 cm³/mol. The Morgan fingerprint density at radius 3 is 1.67 bits per heavy atom. The first kappa shape index (κ1) is 12.4. The van der Waals surface area contributed by atoms with Gasteiger partial charge in [-0.05, 0) is 38.1 Å². The van der Waals surface area contributed by atoms with Crippen LogP contribution in [0.25, 0.3) is 0 Å². The monoisotopic (exact) mass is 240 g/mol. The number of nitrogens with zero attached hydrogens (tertiary/aromatic N) is 2. The van der Waals surface area contributed by atoms with Crippen LogP contribution in [0, 0.1) is 0 Å². The highest BCUT2D eigenvalue weighted by Gasteiger charge is 2.24. The van der Waals surface area contributed by atoms with Crippen molar-refractivity contribution >= 4 is 5.78 Å². The van der Waals surface area contributed by atoms with Gasteiger partial charge in [-0.1, -0.05) is 12.1 Å². The van der Waals surface area contributed by atoms with E-state index in [-0.39, 0.29) is 17.6 Å². The minimum Gasteiger partial charge on any atom is -0.298 e. The molecule has 0 aliphatic rings. The van der Waals surface area contributed by atoms with Gasteiger partial charge >= 0.3 is 0 Å². The molecule has 92 valence electrons. The summed E-state index contributed by atoms with van der Waals surface area (Å²) in [4.78, 5) is 20.8. The Balaban J connectivity index is 2.17. The minimum absolute atomic E-state index is 0.146. The largest absolute Gasteiger partial charge is 0.298 e. The fourth-order valence-corrected chi connectivity index (χ4v) is 1.93. The van der Waals surface area contributed by atoms with Gasteiger partial charge in [0.25, 0.3) is 0 Å². The number of ketones is 1. The molecule has 0 amide bonds. The van der Waals surface area contributed by atoms with Crippen molar-refractivity contribution in [3.63, 3.8) is 0 Å². The Labute approximate surface area is 107 Å². The van der Waals surface area contributed by atoms with E-state index in [0.29, 0.717) is 0 Å². The number of aromatic nitrogens is 2. The zero-order chi connectivity index (χ0) is 13.0. The van der Waals surface area contributed by atoms with Gasteiger partial charge in [0, 0.05) is 12.4 Å². The van der Waals surface area contributed by atoms with Crippen molar-refractivity contribution in [1.82, 2.24) is 9.97 Å². The molecule has 0 saturated carbocycles. The van der Waals surface area contributed by atoms with E-state index in [1.807, 2.05) is 50.2 Å². The van der Waals surface area contributed by atoms with Crippen molar-refractivity contribution in [2.24, 2.45) is 0 Å². The van der Waals surface area contributed by atoms with E-state index < -0.39 is 0 Å². The number of hydrogen-bond acceptors (Lipinski definition) is 3. The van der Waals surface area contributed by atoms with Gasteiger partial charge in [0.2, 0.25) is 0 Å². The lowest BCUT2D eigenvalue weighted by Crippen LogP contribution is -2.18. The highest BCUT2D eigenvalue weighted by atomic mass is 16.1. The van der Waals surface area contributed by atoms with Crippen LogP contribution in [0.1, 0.15) is 37.1 Å². The number of hydrogen-bond donors (Lipinski definition) is 0. The van der Waals surface area contributed by atoms with E-state index in [9.17, 15) is 4.79 Å². The van der Waals surface area contributed by atoms with Gasteiger partial charge in [-0.15, -0.1) is 0 Å². The summed E-state index contributed by atoms with van der Waals surface area (Å²) in [6.45, 7) is 3.79. The molecular weight excluding hydrogens is 224 g/mol. The molecule has 0 aliphatic heterocycles. The SMILES string of the molecule is CC(C(=O)C(C)c1ccccn1)c1ccccn1. The summed E-state index contributed by atoms with van der Waals surface area (Å²) in [7, 11) is 0. The number of carbonyl (C=O) groups is 1. The van der Waals surface area contributed by atoms with Crippen LogP contribution < -0.4 is 0 Å². The quantitative estimate of drug-likeness (QED) is 0.825. The molecular formula is C15H16N2O. The molecule has 0 aromatic carbocycles. The van der Waals surface area contributed by atoms with Gasteiger partial charge in [0.1, 0.15) is 5.78 Å². The van der Waals surface area contributed by atoms with E-state index in [4.69, 9.17) is 0 Å². The van der Waals surface area contributed by atoms with Gasteiger partial charge in [0.15, 0.2) is 0 Å². The third kappa shape index (κ3) is 2.62. The summed E-state index contributed by atoms with van der Waals surface area (Å²) < 4.78 is 0. The molecule has 2 aromatic rings. The zero-order valence-corrected chi connectivity index (χ0v) is 10.6. The molecule has 2 atom stereocenters. The summed E-state index contributed by atoms with van der Waals surface area (Å²) in [5.74, 6) is -0.265. The number of Topliss-reactive ketones (excluding diaryl/α,β-unsaturated/α-hetero) is 1. The number of rotatable bonds is 4. The fourth-order valence-electron chi connectivity index (χ4n) is 1.93.